The Kier molecular flexibility index (Phi) is 6.60. The van der Waals surface area contributed by atoms with Gasteiger partial charge in [0.05, 0.1) is 6.61 Å². The molecule has 1 aliphatic heterocycles. The lowest BCUT2D eigenvalue weighted by Crippen LogP contribution is -2.35. The van der Waals surface area contributed by atoms with Gasteiger partial charge in [0.1, 0.15) is 5.82 Å². The molecule has 154 valence electrons. The molecule has 4 nitrogen and oxygen atoms in total. The van der Waals surface area contributed by atoms with Crippen LogP contribution in [-0.4, -0.2) is 41.0 Å². The molecule has 0 spiro atoms. The van der Waals surface area contributed by atoms with E-state index in [4.69, 9.17) is 5.26 Å². The highest BCUT2D eigenvalue weighted by atomic mass is 19.1. The SMILES string of the molecule is OOCCCc1ccc2ccn(C3CCN(CCc4ccc(F)cc4)CC3)c2c1. The van der Waals surface area contributed by atoms with E-state index in [1.54, 1.807) is 12.1 Å². The van der Waals surface area contributed by atoms with Gasteiger partial charge in [0.15, 0.2) is 0 Å². The van der Waals surface area contributed by atoms with E-state index in [1.807, 2.05) is 12.1 Å². The molecule has 2 heterocycles. The standard InChI is InChI=1S/C24H29FN2O2/c25-22-7-4-19(5-8-22)9-13-26-14-11-23(12-15-26)27-16-10-21-6-3-20(18-24(21)27)2-1-17-29-28/h3-8,10,16,18,23,28H,1-2,9,11-15,17H2. The largest absolute Gasteiger partial charge is 0.344 e. The summed E-state index contributed by atoms with van der Waals surface area (Å²) in [6.07, 6.45) is 7.21. The van der Waals surface area contributed by atoms with Crippen LogP contribution in [-0.2, 0) is 17.7 Å². The summed E-state index contributed by atoms with van der Waals surface area (Å²) in [5.41, 5.74) is 3.78. The van der Waals surface area contributed by atoms with Gasteiger partial charge in [-0.3, -0.25) is 5.26 Å². The average molecular weight is 397 g/mol. The molecule has 0 atom stereocenters. The Labute approximate surface area is 171 Å². The molecule has 29 heavy (non-hydrogen) atoms. The summed E-state index contributed by atoms with van der Waals surface area (Å²) in [5, 5.41) is 9.79. The summed E-state index contributed by atoms with van der Waals surface area (Å²) in [5.74, 6) is -0.168. The van der Waals surface area contributed by atoms with Crippen LogP contribution in [0, 0.1) is 5.82 Å². The van der Waals surface area contributed by atoms with Crippen molar-refractivity contribution < 1.29 is 14.5 Å². The highest BCUT2D eigenvalue weighted by molar-refractivity contribution is 5.81. The fourth-order valence-corrected chi connectivity index (χ4v) is 4.37. The Morgan fingerprint density at radius 3 is 2.48 bits per heavy atom. The lowest BCUT2D eigenvalue weighted by molar-refractivity contribution is -0.242. The molecule has 1 N–H and O–H groups in total. The molecule has 0 unspecified atom stereocenters. The van der Waals surface area contributed by atoms with Crippen LogP contribution in [0.25, 0.3) is 10.9 Å². The van der Waals surface area contributed by atoms with Gasteiger partial charge in [-0.1, -0.05) is 24.3 Å². The molecular formula is C24H29FN2O2. The van der Waals surface area contributed by atoms with Crippen molar-refractivity contribution in [1.29, 1.82) is 0 Å². The van der Waals surface area contributed by atoms with Gasteiger partial charge in [0.25, 0.3) is 0 Å². The second-order valence-electron chi connectivity index (χ2n) is 8.00. The molecule has 0 amide bonds. The lowest BCUT2D eigenvalue weighted by Gasteiger charge is -2.33. The zero-order valence-corrected chi connectivity index (χ0v) is 16.8. The van der Waals surface area contributed by atoms with Gasteiger partial charge in [-0.15, -0.1) is 0 Å². The number of halogens is 1. The zero-order chi connectivity index (χ0) is 20.1. The molecule has 1 aromatic heterocycles. The van der Waals surface area contributed by atoms with E-state index in [2.05, 4.69) is 44.8 Å². The number of nitrogens with zero attached hydrogens (tertiary/aromatic N) is 2. The first-order valence-corrected chi connectivity index (χ1v) is 10.6. The van der Waals surface area contributed by atoms with Gasteiger partial charge in [0.2, 0.25) is 0 Å². The van der Waals surface area contributed by atoms with Gasteiger partial charge in [-0.05, 0) is 72.9 Å². The number of aromatic nitrogens is 1. The first kappa shape index (κ1) is 20.1. The number of rotatable bonds is 8. The molecule has 2 aromatic carbocycles. The minimum Gasteiger partial charge on any atom is -0.344 e. The van der Waals surface area contributed by atoms with Crippen LogP contribution in [0.5, 0.6) is 0 Å². The Morgan fingerprint density at radius 2 is 1.72 bits per heavy atom. The highest BCUT2D eigenvalue weighted by Crippen LogP contribution is 2.28. The smallest absolute Gasteiger partial charge is 0.123 e. The molecule has 5 heteroatoms. The zero-order valence-electron chi connectivity index (χ0n) is 16.8. The van der Waals surface area contributed by atoms with E-state index >= 15 is 0 Å². The van der Waals surface area contributed by atoms with Gasteiger partial charge in [0, 0.05) is 37.4 Å². The molecule has 1 fully saturated rings. The van der Waals surface area contributed by atoms with Gasteiger partial charge in [-0.2, -0.15) is 0 Å². The summed E-state index contributed by atoms with van der Waals surface area (Å²) in [4.78, 5) is 6.71. The molecule has 0 bridgehead atoms. The Bertz CT molecular complexity index is 914. The first-order chi connectivity index (χ1) is 14.2. The Morgan fingerprint density at radius 1 is 0.966 bits per heavy atom. The maximum absolute atomic E-state index is 13.0. The molecule has 1 saturated heterocycles. The summed E-state index contributed by atoms with van der Waals surface area (Å²) in [6, 6.07) is 16.3. The van der Waals surface area contributed by atoms with Crippen molar-refractivity contribution in [2.75, 3.05) is 26.2 Å². The second-order valence-corrected chi connectivity index (χ2v) is 8.00. The number of fused-ring (bicyclic) bond motifs is 1. The van der Waals surface area contributed by atoms with Crippen LogP contribution in [0.1, 0.15) is 36.4 Å². The van der Waals surface area contributed by atoms with Crippen molar-refractivity contribution in [3.8, 4) is 0 Å². The van der Waals surface area contributed by atoms with Gasteiger partial charge < -0.3 is 9.47 Å². The van der Waals surface area contributed by atoms with E-state index in [0.29, 0.717) is 12.6 Å². The van der Waals surface area contributed by atoms with Crippen molar-refractivity contribution in [1.82, 2.24) is 9.47 Å². The van der Waals surface area contributed by atoms with Crippen molar-refractivity contribution in [3.05, 3.63) is 71.7 Å². The molecule has 4 rings (SSSR count). The summed E-state index contributed by atoms with van der Waals surface area (Å²) < 4.78 is 15.5. The quantitative estimate of drug-likeness (QED) is 0.328. The third kappa shape index (κ3) is 5.04. The minimum atomic E-state index is -0.168. The number of hydrogen-bond acceptors (Lipinski definition) is 3. The van der Waals surface area contributed by atoms with E-state index < -0.39 is 0 Å². The normalized spacial score (nSPS) is 15.9. The molecular weight excluding hydrogens is 367 g/mol. The van der Waals surface area contributed by atoms with Crippen LogP contribution >= 0.6 is 0 Å². The monoisotopic (exact) mass is 396 g/mol. The fraction of sp³-hybridized carbons (Fsp3) is 0.417. The number of likely N-dealkylation sites (tertiary alicyclic amines) is 1. The molecule has 3 aromatic rings. The number of hydrogen-bond donors (Lipinski definition) is 1. The number of benzene rings is 2. The van der Waals surface area contributed by atoms with Crippen LogP contribution in [0.15, 0.2) is 54.7 Å². The third-order valence-electron chi connectivity index (χ3n) is 6.07. The van der Waals surface area contributed by atoms with E-state index in [-0.39, 0.29) is 5.82 Å². The van der Waals surface area contributed by atoms with Crippen molar-refractivity contribution in [2.45, 2.75) is 38.1 Å². The van der Waals surface area contributed by atoms with Crippen LogP contribution in [0.3, 0.4) is 0 Å². The second kappa shape index (κ2) is 9.53. The molecule has 0 aliphatic carbocycles. The van der Waals surface area contributed by atoms with E-state index in [9.17, 15) is 4.39 Å². The maximum atomic E-state index is 13.0. The summed E-state index contributed by atoms with van der Waals surface area (Å²) in [7, 11) is 0. The Hall–Kier alpha value is -2.21. The number of aryl methyl sites for hydroxylation is 1. The lowest BCUT2D eigenvalue weighted by atomic mass is 10.0. The third-order valence-corrected chi connectivity index (χ3v) is 6.07. The predicted molar refractivity (Wildman–Crippen MR) is 114 cm³/mol. The number of piperidine rings is 1. The summed E-state index contributed by atoms with van der Waals surface area (Å²) in [6.45, 7) is 3.59. The maximum Gasteiger partial charge on any atom is 0.123 e. The van der Waals surface area contributed by atoms with E-state index in [1.165, 1.54) is 22.0 Å². The van der Waals surface area contributed by atoms with Gasteiger partial charge in [-0.25, -0.2) is 9.28 Å². The van der Waals surface area contributed by atoms with Gasteiger partial charge >= 0.3 is 0 Å². The van der Waals surface area contributed by atoms with Crippen LogP contribution < -0.4 is 0 Å². The Balaban J connectivity index is 1.34. The van der Waals surface area contributed by atoms with E-state index in [0.717, 1.165) is 51.7 Å². The van der Waals surface area contributed by atoms with Crippen LogP contribution in [0.4, 0.5) is 4.39 Å². The van der Waals surface area contributed by atoms with Crippen molar-refractivity contribution in [3.63, 3.8) is 0 Å². The first-order valence-electron chi connectivity index (χ1n) is 10.6. The average Bonchev–Trinajstić information content (AvgIpc) is 3.17. The predicted octanol–water partition coefficient (Wildman–Crippen LogP) is 5.08. The minimum absolute atomic E-state index is 0.168. The molecule has 0 saturated carbocycles. The topological polar surface area (TPSA) is 37.6 Å². The van der Waals surface area contributed by atoms with Crippen molar-refractivity contribution >= 4 is 10.9 Å². The summed E-state index contributed by atoms with van der Waals surface area (Å²) >= 11 is 0. The highest BCUT2D eigenvalue weighted by Gasteiger charge is 2.21. The molecule has 0 radical (unpaired) electrons. The van der Waals surface area contributed by atoms with Crippen molar-refractivity contribution in [2.24, 2.45) is 0 Å². The molecule has 1 aliphatic rings. The fourth-order valence-electron chi connectivity index (χ4n) is 4.37. The van der Waals surface area contributed by atoms with Crippen LogP contribution in [0.2, 0.25) is 0 Å².